The standard InChI is InChI=1S/C11H11NO3S/c1-7-3-4-15-10(7)11-12-8(6-16-11)5-9(13)14-2/h3-4,6H,5H2,1-2H3. The molecule has 2 aromatic heterocycles. The van der Waals surface area contributed by atoms with E-state index in [4.69, 9.17) is 4.42 Å². The van der Waals surface area contributed by atoms with Gasteiger partial charge < -0.3 is 9.15 Å². The molecule has 0 unspecified atom stereocenters. The number of ether oxygens (including phenoxy) is 1. The van der Waals surface area contributed by atoms with E-state index in [2.05, 4.69) is 9.72 Å². The van der Waals surface area contributed by atoms with Crippen molar-refractivity contribution in [3.05, 3.63) is 29.0 Å². The SMILES string of the molecule is COC(=O)Cc1csc(-c2occc2C)n1. The lowest BCUT2D eigenvalue weighted by atomic mass is 10.3. The Kier molecular flexibility index (Phi) is 3.05. The molecule has 16 heavy (non-hydrogen) atoms. The van der Waals surface area contributed by atoms with Gasteiger partial charge in [0.15, 0.2) is 10.8 Å². The van der Waals surface area contributed by atoms with Crippen LogP contribution in [0.2, 0.25) is 0 Å². The monoisotopic (exact) mass is 237 g/mol. The summed E-state index contributed by atoms with van der Waals surface area (Å²) in [4.78, 5) is 15.4. The van der Waals surface area contributed by atoms with Gasteiger partial charge in [-0.1, -0.05) is 0 Å². The zero-order valence-corrected chi connectivity index (χ0v) is 9.84. The fraction of sp³-hybridized carbons (Fsp3) is 0.273. The first kappa shape index (κ1) is 10.9. The van der Waals surface area contributed by atoms with E-state index in [1.807, 2.05) is 18.4 Å². The third kappa shape index (κ3) is 2.14. The van der Waals surface area contributed by atoms with E-state index >= 15 is 0 Å². The van der Waals surface area contributed by atoms with Gasteiger partial charge in [0.25, 0.3) is 0 Å². The number of hydrogen-bond donors (Lipinski definition) is 0. The molecule has 0 aliphatic carbocycles. The van der Waals surface area contributed by atoms with Crippen LogP contribution in [-0.2, 0) is 16.0 Å². The molecule has 0 spiro atoms. The highest BCUT2D eigenvalue weighted by atomic mass is 32.1. The molecule has 0 fully saturated rings. The lowest BCUT2D eigenvalue weighted by molar-refractivity contribution is -0.139. The number of furan rings is 1. The number of thiazole rings is 1. The van der Waals surface area contributed by atoms with E-state index in [0.29, 0.717) is 5.69 Å². The van der Waals surface area contributed by atoms with Gasteiger partial charge in [-0.2, -0.15) is 0 Å². The van der Waals surface area contributed by atoms with Crippen molar-refractivity contribution in [2.45, 2.75) is 13.3 Å². The van der Waals surface area contributed by atoms with Crippen LogP contribution in [0.15, 0.2) is 22.1 Å². The second kappa shape index (κ2) is 4.49. The average Bonchev–Trinajstić information content (AvgIpc) is 2.86. The summed E-state index contributed by atoms with van der Waals surface area (Å²) in [5.74, 6) is 0.481. The molecular formula is C11H11NO3S. The fourth-order valence-corrected chi connectivity index (χ4v) is 2.17. The number of hydrogen-bond acceptors (Lipinski definition) is 5. The molecule has 0 saturated heterocycles. The average molecular weight is 237 g/mol. The van der Waals surface area contributed by atoms with Crippen LogP contribution in [0, 0.1) is 6.92 Å². The highest BCUT2D eigenvalue weighted by Gasteiger charge is 2.12. The Morgan fingerprint density at radius 2 is 2.44 bits per heavy atom. The summed E-state index contributed by atoms with van der Waals surface area (Å²) in [6, 6.07) is 1.89. The first-order chi connectivity index (χ1) is 7.70. The fourth-order valence-electron chi connectivity index (χ4n) is 1.30. The summed E-state index contributed by atoms with van der Waals surface area (Å²) in [5.41, 5.74) is 1.75. The maximum atomic E-state index is 11.1. The smallest absolute Gasteiger partial charge is 0.311 e. The normalized spacial score (nSPS) is 10.4. The Bertz CT molecular complexity index is 501. The molecule has 5 heteroatoms. The molecule has 2 rings (SSSR count). The highest BCUT2D eigenvalue weighted by molar-refractivity contribution is 7.13. The molecule has 0 saturated carbocycles. The van der Waals surface area contributed by atoms with E-state index in [9.17, 15) is 4.79 Å². The number of aromatic nitrogens is 1. The molecule has 0 aromatic carbocycles. The van der Waals surface area contributed by atoms with Gasteiger partial charge in [-0.3, -0.25) is 4.79 Å². The zero-order chi connectivity index (χ0) is 11.5. The van der Waals surface area contributed by atoms with Gasteiger partial charge >= 0.3 is 5.97 Å². The van der Waals surface area contributed by atoms with Crippen LogP contribution >= 0.6 is 11.3 Å². The summed E-state index contributed by atoms with van der Waals surface area (Å²) in [5, 5.41) is 2.63. The molecule has 2 heterocycles. The van der Waals surface area contributed by atoms with Crippen LogP contribution in [0.5, 0.6) is 0 Å². The van der Waals surface area contributed by atoms with Crippen LogP contribution in [0.25, 0.3) is 10.8 Å². The first-order valence-corrected chi connectivity index (χ1v) is 5.64. The summed E-state index contributed by atoms with van der Waals surface area (Å²) < 4.78 is 9.91. The van der Waals surface area contributed by atoms with Crippen molar-refractivity contribution in [3.8, 4) is 10.8 Å². The van der Waals surface area contributed by atoms with Crippen LogP contribution in [0.4, 0.5) is 0 Å². The number of methoxy groups -OCH3 is 1. The minimum absolute atomic E-state index is 0.201. The zero-order valence-electron chi connectivity index (χ0n) is 9.02. The van der Waals surface area contributed by atoms with Crippen molar-refractivity contribution in [2.75, 3.05) is 7.11 Å². The molecule has 0 radical (unpaired) electrons. The van der Waals surface area contributed by atoms with Gasteiger partial charge in [-0.05, 0) is 18.6 Å². The lowest BCUT2D eigenvalue weighted by Crippen LogP contribution is -2.04. The number of nitrogens with zero attached hydrogens (tertiary/aromatic N) is 1. The second-order valence-corrected chi connectivity index (χ2v) is 4.19. The number of aryl methyl sites for hydroxylation is 1. The first-order valence-electron chi connectivity index (χ1n) is 4.76. The van der Waals surface area contributed by atoms with E-state index < -0.39 is 0 Å². The van der Waals surface area contributed by atoms with Crippen LogP contribution in [0.1, 0.15) is 11.3 Å². The van der Waals surface area contributed by atoms with Gasteiger partial charge in [0.05, 0.1) is 25.5 Å². The van der Waals surface area contributed by atoms with Crippen molar-refractivity contribution in [3.63, 3.8) is 0 Å². The predicted molar refractivity (Wildman–Crippen MR) is 60.3 cm³/mol. The Labute approximate surface area is 96.9 Å². The number of esters is 1. The molecule has 0 atom stereocenters. The molecule has 0 aliphatic heterocycles. The van der Waals surface area contributed by atoms with Crippen LogP contribution in [0.3, 0.4) is 0 Å². The molecular weight excluding hydrogens is 226 g/mol. The summed E-state index contributed by atoms with van der Waals surface area (Å²) in [6.45, 7) is 1.96. The second-order valence-electron chi connectivity index (χ2n) is 3.33. The third-order valence-corrected chi connectivity index (χ3v) is 3.05. The lowest BCUT2D eigenvalue weighted by Gasteiger charge is -1.94. The summed E-state index contributed by atoms with van der Waals surface area (Å²) in [6.07, 6.45) is 1.83. The van der Waals surface area contributed by atoms with Crippen molar-refractivity contribution in [1.29, 1.82) is 0 Å². The van der Waals surface area contributed by atoms with Gasteiger partial charge in [-0.25, -0.2) is 4.98 Å². The Hall–Kier alpha value is -1.62. The van der Waals surface area contributed by atoms with Gasteiger partial charge in [-0.15, -0.1) is 11.3 Å². The van der Waals surface area contributed by atoms with Gasteiger partial charge in [0, 0.05) is 5.38 Å². The molecule has 4 nitrogen and oxygen atoms in total. The minimum atomic E-state index is -0.284. The molecule has 0 aliphatic rings. The molecule has 0 bridgehead atoms. The number of carbonyl (C=O) groups excluding carboxylic acids is 1. The topological polar surface area (TPSA) is 52.3 Å². The van der Waals surface area contributed by atoms with E-state index in [-0.39, 0.29) is 12.4 Å². The Morgan fingerprint density at radius 3 is 3.06 bits per heavy atom. The van der Waals surface area contributed by atoms with Crippen molar-refractivity contribution in [2.24, 2.45) is 0 Å². The number of carbonyl (C=O) groups is 1. The molecule has 0 N–H and O–H groups in total. The molecule has 0 amide bonds. The highest BCUT2D eigenvalue weighted by Crippen LogP contribution is 2.27. The van der Waals surface area contributed by atoms with Crippen molar-refractivity contribution in [1.82, 2.24) is 4.98 Å². The quantitative estimate of drug-likeness (QED) is 0.769. The van der Waals surface area contributed by atoms with Gasteiger partial charge in [0.1, 0.15) is 0 Å². The van der Waals surface area contributed by atoms with Crippen LogP contribution < -0.4 is 0 Å². The Morgan fingerprint density at radius 1 is 1.62 bits per heavy atom. The van der Waals surface area contributed by atoms with Crippen molar-refractivity contribution < 1.29 is 13.9 Å². The summed E-state index contributed by atoms with van der Waals surface area (Å²) in [7, 11) is 1.37. The maximum absolute atomic E-state index is 11.1. The van der Waals surface area contributed by atoms with E-state index in [0.717, 1.165) is 16.3 Å². The molecule has 84 valence electrons. The van der Waals surface area contributed by atoms with E-state index in [1.54, 1.807) is 6.26 Å². The van der Waals surface area contributed by atoms with Crippen LogP contribution in [-0.4, -0.2) is 18.1 Å². The predicted octanol–water partition coefficient (Wildman–Crippen LogP) is 2.43. The minimum Gasteiger partial charge on any atom is -0.469 e. The van der Waals surface area contributed by atoms with Gasteiger partial charge in [0.2, 0.25) is 0 Å². The Balaban J connectivity index is 2.20. The van der Waals surface area contributed by atoms with Crippen molar-refractivity contribution >= 4 is 17.3 Å². The third-order valence-electron chi connectivity index (χ3n) is 2.16. The molecule has 2 aromatic rings. The largest absolute Gasteiger partial charge is 0.469 e. The number of rotatable bonds is 3. The summed E-state index contributed by atoms with van der Waals surface area (Å²) >= 11 is 1.46. The maximum Gasteiger partial charge on any atom is 0.311 e. The van der Waals surface area contributed by atoms with E-state index in [1.165, 1.54) is 18.4 Å².